The summed E-state index contributed by atoms with van der Waals surface area (Å²) >= 11 is 1.86. The maximum atomic E-state index is 4.61. The van der Waals surface area contributed by atoms with Gasteiger partial charge in [-0.25, -0.2) is 9.97 Å². The molecule has 3 nitrogen and oxygen atoms in total. The van der Waals surface area contributed by atoms with E-state index in [1.54, 1.807) is 6.33 Å². The van der Waals surface area contributed by atoms with E-state index >= 15 is 0 Å². The molecule has 4 rings (SSSR count). The number of thiophene rings is 1. The van der Waals surface area contributed by atoms with Crippen molar-refractivity contribution in [3.63, 3.8) is 0 Å². The lowest BCUT2D eigenvalue weighted by Crippen LogP contribution is -2.26. The summed E-state index contributed by atoms with van der Waals surface area (Å²) in [7, 11) is 0. The summed E-state index contributed by atoms with van der Waals surface area (Å²) in [4.78, 5) is 11.8. The third-order valence-corrected chi connectivity index (χ3v) is 7.25. The molecule has 0 saturated heterocycles. The molecule has 0 radical (unpaired) electrons. The van der Waals surface area contributed by atoms with Crippen molar-refractivity contribution in [2.75, 3.05) is 5.32 Å². The van der Waals surface area contributed by atoms with E-state index in [9.17, 15) is 0 Å². The summed E-state index contributed by atoms with van der Waals surface area (Å²) in [6.45, 7) is 13.8. The fraction of sp³-hybridized carbons (Fsp3) is 0.500. The van der Waals surface area contributed by atoms with Crippen molar-refractivity contribution in [2.24, 2.45) is 11.3 Å². The third-order valence-electron chi connectivity index (χ3n) is 6.08. The molecule has 0 amide bonds. The number of aryl methyl sites for hydroxylation is 1. The van der Waals surface area contributed by atoms with E-state index in [2.05, 4.69) is 81.1 Å². The number of benzene rings is 1. The van der Waals surface area contributed by atoms with Gasteiger partial charge < -0.3 is 5.32 Å². The lowest BCUT2D eigenvalue weighted by molar-refractivity contribution is 0.218. The number of anilines is 2. The Morgan fingerprint density at radius 2 is 1.71 bits per heavy atom. The van der Waals surface area contributed by atoms with Gasteiger partial charge in [-0.3, -0.25) is 0 Å². The molecule has 2 aromatic heterocycles. The van der Waals surface area contributed by atoms with Crippen molar-refractivity contribution in [2.45, 2.75) is 66.2 Å². The lowest BCUT2D eigenvalue weighted by atomic mass is 9.72. The summed E-state index contributed by atoms with van der Waals surface area (Å²) in [6, 6.07) is 8.72. The highest BCUT2D eigenvalue weighted by Gasteiger charge is 2.31. The van der Waals surface area contributed by atoms with Gasteiger partial charge in [0, 0.05) is 10.6 Å². The zero-order chi connectivity index (χ0) is 20.1. The van der Waals surface area contributed by atoms with E-state index in [1.165, 1.54) is 34.2 Å². The predicted molar refractivity (Wildman–Crippen MR) is 121 cm³/mol. The number of hydrogen-bond acceptors (Lipinski definition) is 4. The molecular formula is C24H31N3S. The van der Waals surface area contributed by atoms with Crippen molar-refractivity contribution >= 4 is 33.1 Å². The van der Waals surface area contributed by atoms with Crippen LogP contribution in [0.2, 0.25) is 0 Å². The first-order chi connectivity index (χ1) is 13.1. The minimum Gasteiger partial charge on any atom is -0.340 e. The molecule has 0 fully saturated rings. The molecule has 1 aliphatic rings. The minimum absolute atomic E-state index is 0.163. The average Bonchev–Trinajstić information content (AvgIpc) is 2.99. The van der Waals surface area contributed by atoms with E-state index in [4.69, 9.17) is 0 Å². The van der Waals surface area contributed by atoms with Gasteiger partial charge in [-0.1, -0.05) is 53.7 Å². The highest BCUT2D eigenvalue weighted by Crippen LogP contribution is 2.44. The van der Waals surface area contributed by atoms with Crippen LogP contribution in [0, 0.1) is 11.3 Å². The van der Waals surface area contributed by atoms with E-state index < -0.39 is 0 Å². The molecule has 0 aliphatic heterocycles. The molecule has 2 heterocycles. The minimum atomic E-state index is 0.163. The van der Waals surface area contributed by atoms with Crippen LogP contribution in [0.4, 0.5) is 11.5 Å². The van der Waals surface area contributed by atoms with Gasteiger partial charge in [0.2, 0.25) is 0 Å². The Kier molecular flexibility index (Phi) is 4.73. The molecule has 1 aromatic carbocycles. The molecule has 1 atom stereocenters. The number of rotatable bonds is 2. The van der Waals surface area contributed by atoms with Crippen molar-refractivity contribution in [3.05, 3.63) is 46.6 Å². The molecule has 3 aromatic rings. The fourth-order valence-corrected chi connectivity index (χ4v) is 5.40. The molecular weight excluding hydrogens is 362 g/mol. The summed E-state index contributed by atoms with van der Waals surface area (Å²) in [6.07, 6.45) is 5.23. The van der Waals surface area contributed by atoms with Gasteiger partial charge in [0.25, 0.3) is 0 Å². The largest absolute Gasteiger partial charge is 0.340 e. The average molecular weight is 394 g/mol. The van der Waals surface area contributed by atoms with Gasteiger partial charge in [0.1, 0.15) is 17.0 Å². The number of aromatic nitrogens is 2. The Hall–Kier alpha value is -1.94. The van der Waals surface area contributed by atoms with E-state index in [0.717, 1.165) is 28.7 Å². The SMILES string of the molecule is CC(C)(C)c1ccc(Nc2ncnc3sc4c(c23)CCC(C(C)(C)C)C4)cc1. The first kappa shape index (κ1) is 19.4. The Bertz CT molecular complexity index is 988. The molecule has 148 valence electrons. The summed E-state index contributed by atoms with van der Waals surface area (Å²) in [5.74, 6) is 1.68. The van der Waals surface area contributed by atoms with Crippen LogP contribution in [-0.2, 0) is 18.3 Å². The van der Waals surface area contributed by atoms with Crippen LogP contribution < -0.4 is 5.32 Å². The normalized spacial score (nSPS) is 17.6. The standard InChI is InChI=1S/C24H31N3S/c1-23(2,3)15-7-10-17(11-8-15)27-21-20-18-12-9-16(24(4,5)6)13-19(18)28-22(20)26-14-25-21/h7-8,10-11,14,16H,9,12-13H2,1-6H3,(H,25,26,27). The van der Waals surface area contributed by atoms with Crippen LogP contribution in [0.3, 0.4) is 0 Å². The van der Waals surface area contributed by atoms with Gasteiger partial charge in [0.15, 0.2) is 0 Å². The Morgan fingerprint density at radius 3 is 2.36 bits per heavy atom. The molecule has 28 heavy (non-hydrogen) atoms. The first-order valence-corrected chi connectivity index (χ1v) is 11.1. The highest BCUT2D eigenvalue weighted by molar-refractivity contribution is 7.19. The summed E-state index contributed by atoms with van der Waals surface area (Å²) in [5.41, 5.74) is 4.41. The van der Waals surface area contributed by atoms with Crippen molar-refractivity contribution in [1.82, 2.24) is 9.97 Å². The molecule has 1 unspecified atom stereocenters. The van der Waals surface area contributed by atoms with Crippen LogP contribution in [0.5, 0.6) is 0 Å². The van der Waals surface area contributed by atoms with Crippen molar-refractivity contribution in [3.8, 4) is 0 Å². The Morgan fingerprint density at radius 1 is 1.00 bits per heavy atom. The van der Waals surface area contributed by atoms with Crippen LogP contribution in [-0.4, -0.2) is 9.97 Å². The van der Waals surface area contributed by atoms with Crippen molar-refractivity contribution in [1.29, 1.82) is 0 Å². The smallest absolute Gasteiger partial charge is 0.142 e. The zero-order valence-electron chi connectivity index (χ0n) is 17.9. The van der Waals surface area contributed by atoms with Crippen LogP contribution in [0.1, 0.15) is 64.0 Å². The first-order valence-electron chi connectivity index (χ1n) is 10.3. The summed E-state index contributed by atoms with van der Waals surface area (Å²) in [5, 5.41) is 4.79. The number of fused-ring (bicyclic) bond motifs is 3. The van der Waals surface area contributed by atoms with Gasteiger partial charge in [0.05, 0.1) is 5.39 Å². The van der Waals surface area contributed by atoms with Crippen LogP contribution >= 0.6 is 11.3 Å². The number of nitrogens with one attached hydrogen (secondary N) is 1. The predicted octanol–water partition coefficient (Wildman–Crippen LogP) is 6.88. The molecule has 0 bridgehead atoms. The number of nitrogens with zero attached hydrogens (tertiary/aromatic N) is 2. The highest BCUT2D eigenvalue weighted by atomic mass is 32.1. The molecule has 0 spiro atoms. The molecule has 4 heteroatoms. The van der Waals surface area contributed by atoms with Gasteiger partial charge >= 0.3 is 0 Å². The maximum absolute atomic E-state index is 4.61. The second kappa shape index (κ2) is 6.84. The van der Waals surface area contributed by atoms with Crippen LogP contribution in [0.15, 0.2) is 30.6 Å². The van der Waals surface area contributed by atoms with Gasteiger partial charge in [-0.15, -0.1) is 11.3 Å². The fourth-order valence-electron chi connectivity index (χ4n) is 4.13. The monoisotopic (exact) mass is 393 g/mol. The quantitative estimate of drug-likeness (QED) is 0.515. The van der Waals surface area contributed by atoms with E-state index in [1.807, 2.05) is 11.3 Å². The van der Waals surface area contributed by atoms with Crippen LogP contribution in [0.25, 0.3) is 10.2 Å². The Balaban J connectivity index is 1.67. The third kappa shape index (κ3) is 3.67. The lowest BCUT2D eigenvalue weighted by Gasteiger charge is -2.33. The van der Waals surface area contributed by atoms with E-state index in [-0.39, 0.29) is 5.41 Å². The zero-order valence-corrected chi connectivity index (χ0v) is 18.7. The molecule has 1 N–H and O–H groups in total. The second-order valence-electron chi connectivity index (χ2n) is 10.2. The molecule has 0 saturated carbocycles. The number of hydrogen-bond donors (Lipinski definition) is 1. The summed E-state index contributed by atoms with van der Waals surface area (Å²) < 4.78 is 0. The maximum Gasteiger partial charge on any atom is 0.142 e. The van der Waals surface area contributed by atoms with Crippen molar-refractivity contribution < 1.29 is 0 Å². The topological polar surface area (TPSA) is 37.8 Å². The molecule has 1 aliphatic carbocycles. The Labute approximate surface area is 172 Å². The van der Waals surface area contributed by atoms with E-state index in [0.29, 0.717) is 5.41 Å². The second-order valence-corrected chi connectivity index (χ2v) is 11.2. The van der Waals surface area contributed by atoms with Gasteiger partial charge in [-0.2, -0.15) is 0 Å². The van der Waals surface area contributed by atoms with Gasteiger partial charge in [-0.05, 0) is 59.3 Å².